The van der Waals surface area contributed by atoms with Crippen LogP contribution >= 0.6 is 0 Å². The Kier molecular flexibility index (Phi) is 7.31. The first kappa shape index (κ1) is 20.2. The third-order valence-corrected chi connectivity index (χ3v) is 5.22. The number of para-hydroxylation sites is 2. The largest absolute Gasteiger partial charge is 0.492 e. The normalized spacial score (nSPS) is 15.9. The molecule has 1 N–H and O–H groups in total. The Labute approximate surface area is 168 Å². The number of anilines is 1. The maximum Gasteiger partial charge on any atom is 0.234 e. The number of nitrogens with zero attached hydrogens (tertiary/aromatic N) is 2. The zero-order chi connectivity index (χ0) is 19.8. The predicted molar refractivity (Wildman–Crippen MR) is 114 cm³/mol. The number of rotatable bonds is 8. The monoisotopic (exact) mass is 381 g/mol. The van der Waals surface area contributed by atoms with E-state index in [1.54, 1.807) is 0 Å². The summed E-state index contributed by atoms with van der Waals surface area (Å²) in [6.45, 7) is 9.50. The van der Waals surface area contributed by atoms with Gasteiger partial charge >= 0.3 is 0 Å². The first-order valence-corrected chi connectivity index (χ1v) is 10.2. The number of piperazine rings is 1. The number of amides is 1. The summed E-state index contributed by atoms with van der Waals surface area (Å²) in [7, 11) is 0. The zero-order valence-electron chi connectivity index (χ0n) is 16.9. The van der Waals surface area contributed by atoms with E-state index in [9.17, 15) is 4.79 Å². The van der Waals surface area contributed by atoms with Crippen LogP contribution in [0.2, 0.25) is 0 Å². The van der Waals surface area contributed by atoms with E-state index >= 15 is 0 Å². The first-order valence-electron chi connectivity index (χ1n) is 10.2. The molecule has 0 radical (unpaired) electrons. The highest BCUT2D eigenvalue weighted by atomic mass is 16.5. The molecule has 5 nitrogen and oxygen atoms in total. The highest BCUT2D eigenvalue weighted by Gasteiger charge is 2.21. The van der Waals surface area contributed by atoms with Gasteiger partial charge in [-0.2, -0.15) is 0 Å². The molecule has 0 spiro atoms. The standard InChI is InChI=1S/C23H31N3O2/c1-3-28-22-12-8-7-11-21(22)26-15-13-25(14-16-26)18-23(27)24-17-19(2)20-9-5-4-6-10-20/h4-12,19H,3,13-18H2,1-2H3,(H,24,27)/t19-/m0/s1. The SMILES string of the molecule is CCOc1ccccc1N1CCN(CC(=O)NC[C@H](C)c2ccccc2)CC1. The van der Waals surface area contributed by atoms with Gasteiger partial charge < -0.3 is 15.0 Å². The van der Waals surface area contributed by atoms with Gasteiger partial charge in [-0.3, -0.25) is 9.69 Å². The Bertz CT molecular complexity index is 743. The Hall–Kier alpha value is -2.53. The van der Waals surface area contributed by atoms with Gasteiger partial charge in [0.2, 0.25) is 5.91 Å². The van der Waals surface area contributed by atoms with Crippen LogP contribution < -0.4 is 15.0 Å². The van der Waals surface area contributed by atoms with Gasteiger partial charge in [0.05, 0.1) is 18.8 Å². The number of carbonyl (C=O) groups is 1. The molecule has 5 heteroatoms. The Morgan fingerprint density at radius 2 is 1.71 bits per heavy atom. The van der Waals surface area contributed by atoms with Crippen molar-refractivity contribution in [2.75, 3.05) is 50.8 Å². The Morgan fingerprint density at radius 3 is 2.43 bits per heavy atom. The fourth-order valence-electron chi connectivity index (χ4n) is 3.57. The van der Waals surface area contributed by atoms with E-state index in [-0.39, 0.29) is 5.91 Å². The molecule has 1 atom stereocenters. The summed E-state index contributed by atoms with van der Waals surface area (Å²) in [5.41, 5.74) is 2.40. The summed E-state index contributed by atoms with van der Waals surface area (Å²) in [4.78, 5) is 16.9. The van der Waals surface area contributed by atoms with Gasteiger partial charge in [0, 0.05) is 32.7 Å². The fourth-order valence-corrected chi connectivity index (χ4v) is 3.57. The molecule has 0 aromatic heterocycles. The number of hydrogen-bond donors (Lipinski definition) is 1. The number of hydrogen-bond acceptors (Lipinski definition) is 4. The molecular formula is C23H31N3O2. The van der Waals surface area contributed by atoms with Crippen molar-refractivity contribution in [3.05, 3.63) is 60.2 Å². The molecule has 150 valence electrons. The molecule has 1 aliphatic heterocycles. The maximum atomic E-state index is 12.4. The number of carbonyl (C=O) groups excluding carboxylic acids is 1. The van der Waals surface area contributed by atoms with E-state index in [1.165, 1.54) is 5.56 Å². The summed E-state index contributed by atoms with van der Waals surface area (Å²) < 4.78 is 5.75. The number of ether oxygens (including phenoxy) is 1. The molecule has 0 bridgehead atoms. The van der Waals surface area contributed by atoms with Crippen LogP contribution in [0, 0.1) is 0 Å². The third-order valence-electron chi connectivity index (χ3n) is 5.22. The zero-order valence-corrected chi connectivity index (χ0v) is 16.9. The first-order chi connectivity index (χ1) is 13.7. The second-order valence-electron chi connectivity index (χ2n) is 7.28. The summed E-state index contributed by atoms with van der Waals surface area (Å²) in [5, 5.41) is 3.08. The topological polar surface area (TPSA) is 44.8 Å². The smallest absolute Gasteiger partial charge is 0.234 e. The molecule has 2 aromatic carbocycles. The van der Waals surface area contributed by atoms with Crippen molar-refractivity contribution in [1.82, 2.24) is 10.2 Å². The van der Waals surface area contributed by atoms with Gasteiger partial charge in [-0.25, -0.2) is 0 Å². The van der Waals surface area contributed by atoms with Gasteiger partial charge in [-0.15, -0.1) is 0 Å². The molecule has 0 unspecified atom stereocenters. The van der Waals surface area contributed by atoms with Crippen LogP contribution in [-0.4, -0.2) is 56.7 Å². The second-order valence-corrected chi connectivity index (χ2v) is 7.28. The molecule has 1 amide bonds. The Balaban J connectivity index is 1.43. The lowest BCUT2D eigenvalue weighted by atomic mass is 10.0. The third kappa shape index (κ3) is 5.49. The average Bonchev–Trinajstić information content (AvgIpc) is 2.74. The van der Waals surface area contributed by atoms with Crippen LogP contribution in [-0.2, 0) is 4.79 Å². The Morgan fingerprint density at radius 1 is 1.04 bits per heavy atom. The van der Waals surface area contributed by atoms with E-state index in [2.05, 4.69) is 40.2 Å². The van der Waals surface area contributed by atoms with Crippen molar-refractivity contribution in [2.45, 2.75) is 19.8 Å². The van der Waals surface area contributed by atoms with E-state index < -0.39 is 0 Å². The van der Waals surface area contributed by atoms with Crippen LogP contribution in [0.5, 0.6) is 5.75 Å². The van der Waals surface area contributed by atoms with E-state index in [0.29, 0.717) is 25.6 Å². The van der Waals surface area contributed by atoms with E-state index in [4.69, 9.17) is 4.74 Å². The van der Waals surface area contributed by atoms with Crippen LogP contribution in [0.15, 0.2) is 54.6 Å². The minimum Gasteiger partial charge on any atom is -0.492 e. The van der Waals surface area contributed by atoms with Crippen molar-refractivity contribution in [2.24, 2.45) is 0 Å². The lowest BCUT2D eigenvalue weighted by Crippen LogP contribution is -2.49. The summed E-state index contributed by atoms with van der Waals surface area (Å²) in [5.74, 6) is 1.36. The molecular weight excluding hydrogens is 350 g/mol. The van der Waals surface area contributed by atoms with Gasteiger partial charge in [0.1, 0.15) is 5.75 Å². The summed E-state index contributed by atoms with van der Waals surface area (Å²) in [6.07, 6.45) is 0. The van der Waals surface area contributed by atoms with Crippen molar-refractivity contribution in [1.29, 1.82) is 0 Å². The lowest BCUT2D eigenvalue weighted by Gasteiger charge is -2.36. The van der Waals surface area contributed by atoms with Crippen LogP contribution in [0.25, 0.3) is 0 Å². The van der Waals surface area contributed by atoms with Gasteiger partial charge in [-0.1, -0.05) is 49.4 Å². The molecule has 1 fully saturated rings. The number of nitrogens with one attached hydrogen (secondary N) is 1. The molecule has 1 saturated heterocycles. The van der Waals surface area contributed by atoms with Crippen LogP contribution in [0.3, 0.4) is 0 Å². The predicted octanol–water partition coefficient (Wildman–Crippen LogP) is 3.13. The van der Waals surface area contributed by atoms with Crippen molar-refractivity contribution in [3.8, 4) is 5.75 Å². The van der Waals surface area contributed by atoms with Gasteiger partial charge in [0.15, 0.2) is 0 Å². The highest BCUT2D eigenvalue weighted by molar-refractivity contribution is 5.78. The van der Waals surface area contributed by atoms with Crippen molar-refractivity contribution >= 4 is 11.6 Å². The molecule has 0 aliphatic carbocycles. The van der Waals surface area contributed by atoms with Crippen molar-refractivity contribution < 1.29 is 9.53 Å². The summed E-state index contributed by atoms with van der Waals surface area (Å²) in [6, 6.07) is 18.5. The molecule has 1 aliphatic rings. The average molecular weight is 382 g/mol. The molecule has 28 heavy (non-hydrogen) atoms. The minimum atomic E-state index is 0.103. The van der Waals surface area contributed by atoms with Gasteiger partial charge in [0.25, 0.3) is 0 Å². The molecule has 3 rings (SSSR count). The van der Waals surface area contributed by atoms with E-state index in [0.717, 1.165) is 37.6 Å². The van der Waals surface area contributed by atoms with Gasteiger partial charge in [-0.05, 0) is 30.5 Å². The highest BCUT2D eigenvalue weighted by Crippen LogP contribution is 2.28. The molecule has 2 aromatic rings. The van der Waals surface area contributed by atoms with E-state index in [1.807, 2.05) is 43.3 Å². The maximum absolute atomic E-state index is 12.4. The fraction of sp³-hybridized carbons (Fsp3) is 0.435. The van der Waals surface area contributed by atoms with Crippen LogP contribution in [0.1, 0.15) is 25.3 Å². The molecule has 0 saturated carbocycles. The lowest BCUT2D eigenvalue weighted by molar-refractivity contribution is -0.122. The molecule has 1 heterocycles. The summed E-state index contributed by atoms with van der Waals surface area (Å²) >= 11 is 0. The van der Waals surface area contributed by atoms with Crippen LogP contribution in [0.4, 0.5) is 5.69 Å². The number of benzene rings is 2. The second kappa shape index (κ2) is 10.1. The quantitative estimate of drug-likeness (QED) is 0.763. The minimum absolute atomic E-state index is 0.103. The van der Waals surface area contributed by atoms with Crippen molar-refractivity contribution in [3.63, 3.8) is 0 Å².